The lowest BCUT2D eigenvalue weighted by Crippen LogP contribution is -2.15. The van der Waals surface area contributed by atoms with Crippen molar-refractivity contribution in [1.82, 2.24) is 9.97 Å². The van der Waals surface area contributed by atoms with Gasteiger partial charge in [0.05, 0.1) is 0 Å². The molecule has 1 fully saturated rings. The van der Waals surface area contributed by atoms with Crippen LogP contribution in [0.25, 0.3) is 11.1 Å². The average Bonchev–Trinajstić information content (AvgIpc) is 2.84. The monoisotopic (exact) mass is 448 g/mol. The van der Waals surface area contributed by atoms with Crippen molar-refractivity contribution < 1.29 is 0 Å². The molecule has 2 nitrogen and oxygen atoms in total. The normalized spacial score (nSPS) is 18.5. The van der Waals surface area contributed by atoms with Crippen molar-refractivity contribution in [2.45, 2.75) is 124 Å². The fraction of sp³-hybridized carbons (Fsp3) is 0.677. The third-order valence-electron chi connectivity index (χ3n) is 7.86. The van der Waals surface area contributed by atoms with Gasteiger partial charge in [-0.05, 0) is 54.7 Å². The largest absolute Gasteiger partial charge is 0.241 e. The minimum absolute atomic E-state index is 0.939. The Morgan fingerprint density at radius 2 is 1.33 bits per heavy atom. The van der Waals surface area contributed by atoms with E-state index in [1.54, 1.807) is 0 Å². The van der Waals surface area contributed by atoms with Gasteiger partial charge in [-0.3, -0.25) is 0 Å². The summed E-state index contributed by atoms with van der Waals surface area (Å²) in [6.07, 6.45) is 26.1. The zero-order valence-electron chi connectivity index (χ0n) is 21.7. The SMILES string of the molecule is CCCCCCCCC[C@H]1CC[C@H](CCc2ccc(-c3cnc(CCC)nc3)cc2C)CC1. The first-order chi connectivity index (χ1) is 16.2. The Kier molecular flexibility index (Phi) is 11.4. The molecule has 1 aromatic heterocycles. The molecule has 2 heteroatoms. The Balaban J connectivity index is 1.36. The van der Waals surface area contributed by atoms with Gasteiger partial charge in [-0.25, -0.2) is 9.97 Å². The maximum atomic E-state index is 4.53. The van der Waals surface area contributed by atoms with Crippen LogP contribution < -0.4 is 0 Å². The third kappa shape index (κ3) is 8.87. The smallest absolute Gasteiger partial charge is 0.128 e. The van der Waals surface area contributed by atoms with Gasteiger partial charge in [0.25, 0.3) is 0 Å². The second kappa shape index (κ2) is 14.5. The van der Waals surface area contributed by atoms with Crippen molar-refractivity contribution >= 4 is 0 Å². The van der Waals surface area contributed by atoms with Gasteiger partial charge in [0.2, 0.25) is 0 Å². The number of hydrogen-bond donors (Lipinski definition) is 0. The summed E-state index contributed by atoms with van der Waals surface area (Å²) in [5, 5.41) is 0. The molecule has 33 heavy (non-hydrogen) atoms. The lowest BCUT2D eigenvalue weighted by molar-refractivity contribution is 0.248. The van der Waals surface area contributed by atoms with Crippen LogP contribution >= 0.6 is 0 Å². The number of hydrogen-bond acceptors (Lipinski definition) is 2. The summed E-state index contributed by atoms with van der Waals surface area (Å²) in [6, 6.07) is 6.93. The molecule has 0 radical (unpaired) electrons. The second-order valence-corrected chi connectivity index (χ2v) is 10.6. The van der Waals surface area contributed by atoms with Gasteiger partial charge in [-0.15, -0.1) is 0 Å². The molecule has 1 heterocycles. The molecule has 3 rings (SSSR count). The van der Waals surface area contributed by atoms with Gasteiger partial charge in [0.1, 0.15) is 5.82 Å². The minimum atomic E-state index is 0.939. The second-order valence-electron chi connectivity index (χ2n) is 10.6. The van der Waals surface area contributed by atoms with Gasteiger partial charge in [0.15, 0.2) is 0 Å². The molecule has 1 aliphatic carbocycles. The van der Waals surface area contributed by atoms with Crippen LogP contribution in [-0.4, -0.2) is 9.97 Å². The zero-order valence-corrected chi connectivity index (χ0v) is 21.7. The predicted octanol–water partition coefficient (Wildman–Crippen LogP) is 9.28. The number of benzene rings is 1. The fourth-order valence-corrected chi connectivity index (χ4v) is 5.57. The summed E-state index contributed by atoms with van der Waals surface area (Å²) < 4.78 is 0. The van der Waals surface area contributed by atoms with Gasteiger partial charge in [0, 0.05) is 24.4 Å². The molecule has 2 aromatic rings. The zero-order chi connectivity index (χ0) is 23.3. The summed E-state index contributed by atoms with van der Waals surface area (Å²) in [5.74, 6) is 2.91. The number of rotatable bonds is 14. The molecule has 1 aliphatic rings. The molecule has 0 spiro atoms. The van der Waals surface area contributed by atoms with Crippen LogP contribution in [0, 0.1) is 18.8 Å². The molecule has 0 N–H and O–H groups in total. The first-order valence-electron chi connectivity index (χ1n) is 14.1. The van der Waals surface area contributed by atoms with E-state index in [1.165, 1.54) is 107 Å². The van der Waals surface area contributed by atoms with Crippen molar-refractivity contribution in [2.24, 2.45) is 11.8 Å². The highest BCUT2D eigenvalue weighted by atomic mass is 14.9. The summed E-state index contributed by atoms with van der Waals surface area (Å²) in [5.41, 5.74) is 5.30. The van der Waals surface area contributed by atoms with E-state index in [4.69, 9.17) is 0 Å². The van der Waals surface area contributed by atoms with Crippen molar-refractivity contribution in [2.75, 3.05) is 0 Å². The van der Waals surface area contributed by atoms with E-state index in [0.29, 0.717) is 0 Å². The molecule has 0 amide bonds. The maximum absolute atomic E-state index is 4.53. The summed E-state index contributed by atoms with van der Waals surface area (Å²) in [4.78, 5) is 9.06. The highest BCUT2D eigenvalue weighted by molar-refractivity contribution is 5.63. The third-order valence-corrected chi connectivity index (χ3v) is 7.86. The molecule has 0 atom stereocenters. The van der Waals surface area contributed by atoms with Crippen LogP contribution in [0.3, 0.4) is 0 Å². The fourth-order valence-electron chi connectivity index (χ4n) is 5.57. The van der Waals surface area contributed by atoms with Crippen molar-refractivity contribution in [3.8, 4) is 11.1 Å². The van der Waals surface area contributed by atoms with Crippen LogP contribution in [0.1, 0.15) is 121 Å². The summed E-state index contributed by atoms with van der Waals surface area (Å²) >= 11 is 0. The number of aryl methyl sites for hydroxylation is 3. The molecular weight excluding hydrogens is 400 g/mol. The van der Waals surface area contributed by atoms with Crippen LogP contribution in [0.2, 0.25) is 0 Å². The van der Waals surface area contributed by atoms with Gasteiger partial charge < -0.3 is 0 Å². The van der Waals surface area contributed by atoms with E-state index in [9.17, 15) is 0 Å². The standard InChI is InChI=1S/C31H48N2/c1-4-6-7-8-9-10-11-13-26-14-16-27(17-15-26)18-19-28-20-21-29(22-25(28)3)30-23-32-31(12-5-2)33-24-30/h20-24,26-27H,4-19H2,1-3H3/t26-,27-. The van der Waals surface area contributed by atoms with E-state index in [1.807, 2.05) is 12.4 Å². The van der Waals surface area contributed by atoms with Gasteiger partial charge in [-0.2, -0.15) is 0 Å². The number of nitrogens with zero attached hydrogens (tertiary/aromatic N) is 2. The molecule has 1 saturated carbocycles. The van der Waals surface area contributed by atoms with Crippen molar-refractivity contribution in [3.05, 3.63) is 47.5 Å². The van der Waals surface area contributed by atoms with Crippen LogP contribution in [0.4, 0.5) is 0 Å². The molecule has 182 valence electrons. The first kappa shape index (κ1) is 25.9. The summed E-state index contributed by atoms with van der Waals surface area (Å²) in [7, 11) is 0. The highest BCUT2D eigenvalue weighted by Gasteiger charge is 2.21. The Labute approximate surface area is 204 Å². The van der Waals surface area contributed by atoms with E-state index >= 15 is 0 Å². The van der Waals surface area contributed by atoms with Crippen LogP contribution in [-0.2, 0) is 12.8 Å². The maximum Gasteiger partial charge on any atom is 0.128 e. The predicted molar refractivity (Wildman–Crippen MR) is 143 cm³/mol. The molecular formula is C31H48N2. The highest BCUT2D eigenvalue weighted by Crippen LogP contribution is 2.35. The van der Waals surface area contributed by atoms with E-state index < -0.39 is 0 Å². The molecule has 0 unspecified atom stereocenters. The van der Waals surface area contributed by atoms with E-state index in [2.05, 4.69) is 48.9 Å². The topological polar surface area (TPSA) is 25.8 Å². The Morgan fingerprint density at radius 1 is 0.697 bits per heavy atom. The molecule has 1 aromatic carbocycles. The lowest BCUT2D eigenvalue weighted by Gasteiger charge is -2.28. The quantitative estimate of drug-likeness (QED) is 0.269. The molecule has 0 bridgehead atoms. The number of unbranched alkanes of at least 4 members (excludes halogenated alkanes) is 6. The van der Waals surface area contributed by atoms with Gasteiger partial charge in [-0.1, -0.05) is 109 Å². The van der Waals surface area contributed by atoms with E-state index in [0.717, 1.165) is 36.1 Å². The lowest BCUT2D eigenvalue weighted by atomic mass is 9.77. The minimum Gasteiger partial charge on any atom is -0.241 e. The van der Waals surface area contributed by atoms with Crippen molar-refractivity contribution in [3.63, 3.8) is 0 Å². The van der Waals surface area contributed by atoms with Gasteiger partial charge >= 0.3 is 0 Å². The summed E-state index contributed by atoms with van der Waals surface area (Å²) in [6.45, 7) is 6.74. The molecule has 0 saturated heterocycles. The first-order valence-corrected chi connectivity index (χ1v) is 14.1. The van der Waals surface area contributed by atoms with Crippen LogP contribution in [0.15, 0.2) is 30.6 Å². The Hall–Kier alpha value is -1.70. The Morgan fingerprint density at radius 3 is 1.97 bits per heavy atom. The van der Waals surface area contributed by atoms with E-state index in [-0.39, 0.29) is 0 Å². The molecule has 0 aliphatic heterocycles. The van der Waals surface area contributed by atoms with Crippen molar-refractivity contribution in [1.29, 1.82) is 0 Å². The number of aromatic nitrogens is 2. The Bertz CT molecular complexity index is 787. The average molecular weight is 449 g/mol. The van der Waals surface area contributed by atoms with Crippen LogP contribution in [0.5, 0.6) is 0 Å².